The first kappa shape index (κ1) is 12.4. The van der Waals surface area contributed by atoms with Gasteiger partial charge in [-0.3, -0.25) is 0 Å². The molecule has 0 aromatic rings. The zero-order valence-electron chi connectivity index (χ0n) is 7.93. The second kappa shape index (κ2) is 6.86. The van der Waals surface area contributed by atoms with E-state index in [9.17, 15) is 0 Å². The van der Waals surface area contributed by atoms with E-state index in [4.69, 9.17) is 24.9 Å². The summed E-state index contributed by atoms with van der Waals surface area (Å²) in [5, 5.41) is 0. The van der Waals surface area contributed by atoms with Crippen molar-refractivity contribution in [2.45, 2.75) is 19.4 Å². The van der Waals surface area contributed by atoms with Gasteiger partial charge in [0.05, 0.1) is 0 Å². The number of rotatable bonds is 7. The Morgan fingerprint density at radius 3 is 2.17 bits per heavy atom. The van der Waals surface area contributed by atoms with Gasteiger partial charge in [-0.1, -0.05) is 0 Å². The summed E-state index contributed by atoms with van der Waals surface area (Å²) in [4.78, 5) is 0. The zero-order chi connectivity index (χ0) is 9.45. The molecule has 0 N–H and O–H groups in total. The van der Waals surface area contributed by atoms with Crippen LogP contribution in [0.5, 0.6) is 0 Å². The quantitative estimate of drug-likeness (QED) is 0.477. The van der Waals surface area contributed by atoms with Crippen molar-refractivity contribution in [3.8, 4) is 0 Å². The molecule has 0 aromatic carbocycles. The minimum absolute atomic E-state index is 0.620. The average Bonchev–Trinajstić information content (AvgIpc) is 2.13. The van der Waals surface area contributed by atoms with Gasteiger partial charge in [-0.05, 0) is 13.3 Å². The molecule has 74 valence electrons. The lowest BCUT2D eigenvalue weighted by Crippen LogP contribution is -2.43. The van der Waals surface area contributed by atoms with E-state index in [1.807, 2.05) is 6.92 Å². The van der Waals surface area contributed by atoms with Crippen LogP contribution in [0.25, 0.3) is 0 Å². The number of hydrogen-bond acceptors (Lipinski definition) is 3. The summed E-state index contributed by atoms with van der Waals surface area (Å²) in [7, 11) is 0.900. The fourth-order valence-electron chi connectivity index (χ4n) is 0.981. The molecule has 3 nitrogen and oxygen atoms in total. The minimum atomic E-state index is -2.35. The van der Waals surface area contributed by atoms with Crippen LogP contribution in [0.15, 0.2) is 0 Å². The molecule has 0 bridgehead atoms. The smallest absolute Gasteiger partial charge is 0.377 e. The fraction of sp³-hybridized carbons (Fsp3) is 1.00. The molecule has 0 saturated heterocycles. The molecule has 0 radical (unpaired) electrons. The summed E-state index contributed by atoms with van der Waals surface area (Å²) in [5.74, 6) is 0.620. The number of halogens is 1. The number of hydrogen-bond donors (Lipinski definition) is 0. The highest BCUT2D eigenvalue weighted by atomic mass is 35.5. The van der Waals surface area contributed by atoms with Crippen LogP contribution >= 0.6 is 11.6 Å². The Morgan fingerprint density at radius 2 is 1.83 bits per heavy atom. The highest BCUT2D eigenvalue weighted by molar-refractivity contribution is 6.60. The summed E-state index contributed by atoms with van der Waals surface area (Å²) in [6, 6.07) is 0.789. The Balaban J connectivity index is 3.95. The van der Waals surface area contributed by atoms with Crippen LogP contribution in [0.2, 0.25) is 6.04 Å². The molecule has 0 atom stereocenters. The highest BCUT2D eigenvalue weighted by Crippen LogP contribution is 2.16. The molecule has 0 aliphatic heterocycles. The molecule has 0 amide bonds. The third-order valence-electron chi connectivity index (χ3n) is 1.60. The van der Waals surface area contributed by atoms with Gasteiger partial charge in [0, 0.05) is 32.8 Å². The van der Waals surface area contributed by atoms with Crippen molar-refractivity contribution in [2.24, 2.45) is 0 Å². The molecule has 12 heavy (non-hydrogen) atoms. The lowest BCUT2D eigenvalue weighted by Gasteiger charge is -2.25. The first-order valence-electron chi connectivity index (χ1n) is 4.05. The van der Waals surface area contributed by atoms with E-state index >= 15 is 0 Å². The zero-order valence-corrected chi connectivity index (χ0v) is 9.69. The number of alkyl halides is 1. The average molecular weight is 213 g/mol. The van der Waals surface area contributed by atoms with Gasteiger partial charge in [0.25, 0.3) is 0 Å². The molecule has 0 aromatic heterocycles. The van der Waals surface area contributed by atoms with Gasteiger partial charge in [0.1, 0.15) is 0 Å². The molecule has 0 spiro atoms. The topological polar surface area (TPSA) is 27.7 Å². The second-order valence-electron chi connectivity index (χ2n) is 2.32. The fourth-order valence-corrected chi connectivity index (χ4v) is 3.34. The third kappa shape index (κ3) is 3.87. The Labute approximate surface area is 80.3 Å². The molecule has 0 rings (SSSR count). The van der Waals surface area contributed by atoms with Crippen molar-refractivity contribution < 1.29 is 13.3 Å². The first-order chi connectivity index (χ1) is 5.74. The summed E-state index contributed by atoms with van der Waals surface area (Å²) in [6.45, 7) is 2.55. The van der Waals surface area contributed by atoms with Gasteiger partial charge in [0.15, 0.2) is 0 Å². The van der Waals surface area contributed by atoms with E-state index in [1.54, 1.807) is 14.2 Å². The summed E-state index contributed by atoms with van der Waals surface area (Å²) < 4.78 is 16.0. The molecule has 0 fully saturated rings. The lowest BCUT2D eigenvalue weighted by molar-refractivity contribution is 0.104. The van der Waals surface area contributed by atoms with Crippen LogP contribution in [0.4, 0.5) is 0 Å². The lowest BCUT2D eigenvalue weighted by atomic mass is 10.6. The van der Waals surface area contributed by atoms with Crippen molar-refractivity contribution in [1.29, 1.82) is 0 Å². The Bertz CT molecular complexity index is 109. The van der Waals surface area contributed by atoms with E-state index in [0.29, 0.717) is 12.5 Å². The van der Waals surface area contributed by atoms with Gasteiger partial charge >= 0.3 is 8.80 Å². The van der Waals surface area contributed by atoms with Gasteiger partial charge in [-0.25, -0.2) is 0 Å². The molecule has 0 saturated carbocycles. The summed E-state index contributed by atoms with van der Waals surface area (Å²) >= 11 is 5.58. The van der Waals surface area contributed by atoms with E-state index in [-0.39, 0.29) is 0 Å². The SMILES string of the molecule is CCO[Si](CCCCl)(OC)OC. The van der Waals surface area contributed by atoms with Crippen LogP contribution in [-0.2, 0) is 13.3 Å². The summed E-state index contributed by atoms with van der Waals surface area (Å²) in [6.07, 6.45) is 0.870. The van der Waals surface area contributed by atoms with E-state index in [0.717, 1.165) is 12.5 Å². The van der Waals surface area contributed by atoms with E-state index in [1.165, 1.54) is 0 Å². The predicted octanol–water partition coefficient (Wildman–Crippen LogP) is 1.88. The first-order valence-corrected chi connectivity index (χ1v) is 6.51. The molecular weight excluding hydrogens is 196 g/mol. The maximum absolute atomic E-state index is 5.58. The minimum Gasteiger partial charge on any atom is -0.377 e. The van der Waals surface area contributed by atoms with Crippen LogP contribution in [0.1, 0.15) is 13.3 Å². The molecule has 0 aliphatic carbocycles. The van der Waals surface area contributed by atoms with Gasteiger partial charge in [-0.15, -0.1) is 11.6 Å². The monoisotopic (exact) mass is 212 g/mol. The molecule has 0 heterocycles. The van der Waals surface area contributed by atoms with Crippen molar-refractivity contribution >= 4 is 20.4 Å². The van der Waals surface area contributed by atoms with E-state index < -0.39 is 8.80 Å². The molecule has 0 unspecified atom stereocenters. The largest absolute Gasteiger partial charge is 0.500 e. The normalized spacial score (nSPS) is 12.0. The predicted molar refractivity (Wildman–Crippen MR) is 51.5 cm³/mol. The van der Waals surface area contributed by atoms with Gasteiger partial charge < -0.3 is 13.3 Å². The van der Waals surface area contributed by atoms with Crippen LogP contribution in [-0.4, -0.2) is 35.5 Å². The maximum atomic E-state index is 5.58. The molecule has 5 heteroatoms. The Kier molecular flexibility index (Phi) is 7.08. The molecule has 0 aliphatic rings. The Hall–Kier alpha value is 0.387. The van der Waals surface area contributed by atoms with Crippen molar-refractivity contribution in [1.82, 2.24) is 0 Å². The Morgan fingerprint density at radius 1 is 1.25 bits per heavy atom. The van der Waals surface area contributed by atoms with Crippen LogP contribution in [0.3, 0.4) is 0 Å². The third-order valence-corrected chi connectivity index (χ3v) is 4.81. The molecular formula is C7H17ClO3Si. The van der Waals surface area contributed by atoms with E-state index in [2.05, 4.69) is 0 Å². The standard InChI is InChI=1S/C7H17ClO3Si/c1-4-11-12(9-2,10-3)7-5-6-8/h4-7H2,1-3H3. The second-order valence-corrected chi connectivity index (χ2v) is 5.67. The highest BCUT2D eigenvalue weighted by Gasteiger charge is 2.37. The summed E-state index contributed by atoms with van der Waals surface area (Å²) in [5.41, 5.74) is 0. The van der Waals surface area contributed by atoms with Gasteiger partial charge in [-0.2, -0.15) is 0 Å². The van der Waals surface area contributed by atoms with Crippen molar-refractivity contribution in [3.05, 3.63) is 0 Å². The van der Waals surface area contributed by atoms with Crippen LogP contribution < -0.4 is 0 Å². The maximum Gasteiger partial charge on any atom is 0.500 e. The van der Waals surface area contributed by atoms with Gasteiger partial charge in [0.2, 0.25) is 0 Å². The van der Waals surface area contributed by atoms with Crippen molar-refractivity contribution in [3.63, 3.8) is 0 Å². The van der Waals surface area contributed by atoms with Crippen molar-refractivity contribution in [2.75, 3.05) is 26.7 Å². The van der Waals surface area contributed by atoms with Crippen LogP contribution in [0, 0.1) is 0 Å².